The first-order valence-corrected chi connectivity index (χ1v) is 12.4. The van der Waals surface area contributed by atoms with Crippen molar-refractivity contribution in [2.45, 2.75) is 32.7 Å². The molecule has 0 unspecified atom stereocenters. The normalized spacial score (nSPS) is 15.5. The van der Waals surface area contributed by atoms with Crippen LogP contribution >= 0.6 is 0 Å². The molecule has 5 rings (SSSR count). The van der Waals surface area contributed by atoms with E-state index in [1.54, 1.807) is 6.07 Å². The standard InChI is InChI=1S/C30H29FN4O2/c1-19-15-20(9-10-30(2)11-13-32-14-12-30)16-26(33-19)29(37)35-28(23-18-22(31)7-8-27(23)36)25-17-21-5-3-4-6-24(21)34-25/h3-8,15-18,28,32,34,36H,11-14H2,1-2H3,(H,35,37)/t28-/m1/s1. The van der Waals surface area contributed by atoms with Gasteiger partial charge >= 0.3 is 0 Å². The highest BCUT2D eigenvalue weighted by atomic mass is 19.1. The lowest BCUT2D eigenvalue weighted by Gasteiger charge is -2.28. The van der Waals surface area contributed by atoms with Crippen LogP contribution in [0.15, 0.2) is 60.7 Å². The molecule has 4 aromatic rings. The molecule has 2 aromatic carbocycles. The van der Waals surface area contributed by atoms with E-state index < -0.39 is 17.8 Å². The fourth-order valence-electron chi connectivity index (χ4n) is 4.72. The number of phenolic OH excluding ortho intramolecular Hbond substituents is 1. The summed E-state index contributed by atoms with van der Waals surface area (Å²) in [6, 6.07) is 15.9. The number of nitrogens with one attached hydrogen (secondary N) is 3. The number of hydrogen-bond acceptors (Lipinski definition) is 4. The zero-order valence-electron chi connectivity index (χ0n) is 20.9. The van der Waals surface area contributed by atoms with Crippen LogP contribution < -0.4 is 10.6 Å². The van der Waals surface area contributed by atoms with E-state index in [4.69, 9.17) is 0 Å². The molecule has 0 bridgehead atoms. The minimum absolute atomic E-state index is 0.0690. The summed E-state index contributed by atoms with van der Waals surface area (Å²) in [7, 11) is 0. The number of fused-ring (bicyclic) bond motifs is 1. The Balaban J connectivity index is 1.49. The Hall–Kier alpha value is -4.15. The Labute approximate surface area is 215 Å². The molecule has 1 aliphatic heterocycles. The molecule has 2 aromatic heterocycles. The maximum Gasteiger partial charge on any atom is 0.270 e. The molecule has 1 saturated heterocycles. The van der Waals surface area contributed by atoms with Crippen LogP contribution in [0.5, 0.6) is 5.75 Å². The summed E-state index contributed by atoms with van der Waals surface area (Å²) >= 11 is 0. The number of carbonyl (C=O) groups excluding carboxylic acids is 1. The number of rotatable bonds is 4. The number of aryl methyl sites for hydroxylation is 1. The van der Waals surface area contributed by atoms with E-state index >= 15 is 0 Å². The molecule has 188 valence electrons. The van der Waals surface area contributed by atoms with Crippen molar-refractivity contribution >= 4 is 16.8 Å². The van der Waals surface area contributed by atoms with Crippen molar-refractivity contribution in [3.63, 3.8) is 0 Å². The van der Waals surface area contributed by atoms with Crippen LogP contribution in [0, 0.1) is 30.0 Å². The Morgan fingerprint density at radius 3 is 2.70 bits per heavy atom. The van der Waals surface area contributed by atoms with Gasteiger partial charge < -0.3 is 20.7 Å². The fourth-order valence-corrected chi connectivity index (χ4v) is 4.72. The summed E-state index contributed by atoms with van der Waals surface area (Å²) in [6.07, 6.45) is 1.95. The predicted molar refractivity (Wildman–Crippen MR) is 142 cm³/mol. The van der Waals surface area contributed by atoms with E-state index in [1.165, 1.54) is 18.2 Å². The lowest BCUT2D eigenvalue weighted by molar-refractivity contribution is 0.0936. The van der Waals surface area contributed by atoms with Crippen LogP contribution in [0.4, 0.5) is 4.39 Å². The topological polar surface area (TPSA) is 90.0 Å². The number of nitrogens with zero attached hydrogens (tertiary/aromatic N) is 1. The second-order valence-electron chi connectivity index (χ2n) is 9.86. The van der Waals surface area contributed by atoms with Crippen molar-refractivity contribution in [3.05, 3.63) is 94.7 Å². The number of carbonyl (C=O) groups is 1. The van der Waals surface area contributed by atoms with E-state index in [9.17, 15) is 14.3 Å². The van der Waals surface area contributed by atoms with Crippen molar-refractivity contribution in [3.8, 4) is 17.6 Å². The second kappa shape index (κ2) is 10.1. The molecule has 6 nitrogen and oxygen atoms in total. The first kappa shape index (κ1) is 24.5. The summed E-state index contributed by atoms with van der Waals surface area (Å²) in [5, 5.41) is 17.8. The molecule has 0 spiro atoms. The van der Waals surface area contributed by atoms with E-state index in [1.807, 2.05) is 43.3 Å². The number of halogens is 1. The monoisotopic (exact) mass is 496 g/mol. The van der Waals surface area contributed by atoms with E-state index in [2.05, 4.69) is 39.4 Å². The highest BCUT2D eigenvalue weighted by Gasteiger charge is 2.25. The molecular formula is C30H29FN4O2. The van der Waals surface area contributed by atoms with Crippen molar-refractivity contribution < 1.29 is 14.3 Å². The van der Waals surface area contributed by atoms with Gasteiger partial charge in [-0.15, -0.1) is 0 Å². The van der Waals surface area contributed by atoms with Crippen LogP contribution in [0.25, 0.3) is 10.9 Å². The van der Waals surface area contributed by atoms with Gasteiger partial charge in [0.25, 0.3) is 5.91 Å². The highest BCUT2D eigenvalue weighted by molar-refractivity contribution is 5.93. The quantitative estimate of drug-likeness (QED) is 0.300. The number of H-pyrrole nitrogens is 1. The number of aromatic amines is 1. The van der Waals surface area contributed by atoms with Gasteiger partial charge in [-0.1, -0.05) is 30.0 Å². The molecule has 37 heavy (non-hydrogen) atoms. The van der Waals surface area contributed by atoms with Gasteiger partial charge in [0.15, 0.2) is 0 Å². The largest absolute Gasteiger partial charge is 0.508 e. The van der Waals surface area contributed by atoms with Crippen LogP contribution in [0.2, 0.25) is 0 Å². The first-order chi connectivity index (χ1) is 17.8. The summed E-state index contributed by atoms with van der Waals surface area (Å²) in [6.45, 7) is 5.87. The molecule has 4 N–H and O–H groups in total. The SMILES string of the molecule is Cc1cc(C#CC2(C)CCNCC2)cc(C(=O)N[C@@H](c2cc3ccccc3[nH]2)c2cc(F)ccc2O)n1. The van der Waals surface area contributed by atoms with E-state index in [0.29, 0.717) is 17.0 Å². The zero-order chi connectivity index (χ0) is 26.0. The van der Waals surface area contributed by atoms with Gasteiger partial charge in [-0.25, -0.2) is 9.37 Å². The van der Waals surface area contributed by atoms with Gasteiger partial charge in [0, 0.05) is 33.4 Å². The molecule has 1 fully saturated rings. The van der Waals surface area contributed by atoms with Crippen molar-refractivity contribution in [1.82, 2.24) is 20.6 Å². The van der Waals surface area contributed by atoms with Crippen molar-refractivity contribution in [1.29, 1.82) is 0 Å². The smallest absolute Gasteiger partial charge is 0.270 e. The molecule has 1 aliphatic rings. The number of aromatic nitrogens is 2. The third-order valence-electron chi connectivity index (χ3n) is 6.84. The summed E-state index contributed by atoms with van der Waals surface area (Å²) in [5.41, 5.74) is 3.24. The van der Waals surface area contributed by atoms with Gasteiger partial charge in [-0.3, -0.25) is 4.79 Å². The summed E-state index contributed by atoms with van der Waals surface area (Å²) in [4.78, 5) is 21.2. The third-order valence-corrected chi connectivity index (χ3v) is 6.84. The second-order valence-corrected chi connectivity index (χ2v) is 9.86. The average molecular weight is 497 g/mol. The van der Waals surface area contributed by atoms with Crippen LogP contribution in [0.3, 0.4) is 0 Å². The van der Waals surface area contributed by atoms with Gasteiger partial charge in [-0.2, -0.15) is 0 Å². The average Bonchev–Trinajstić information content (AvgIpc) is 3.32. The molecule has 7 heteroatoms. The Bertz CT molecular complexity index is 1490. The number of aromatic hydroxyl groups is 1. The number of pyridine rings is 1. The fraction of sp³-hybridized carbons (Fsp3) is 0.267. The van der Waals surface area contributed by atoms with Gasteiger partial charge in [0.05, 0.1) is 6.04 Å². The van der Waals surface area contributed by atoms with Gasteiger partial charge in [-0.05, 0) is 87.6 Å². The molecule has 0 radical (unpaired) electrons. The summed E-state index contributed by atoms with van der Waals surface area (Å²) in [5.74, 6) is 5.56. The van der Waals surface area contributed by atoms with E-state index in [0.717, 1.165) is 36.8 Å². The van der Waals surface area contributed by atoms with Gasteiger partial charge in [0.1, 0.15) is 17.3 Å². The molecular weight excluding hydrogens is 467 g/mol. The lowest BCUT2D eigenvalue weighted by atomic mass is 9.81. The minimum Gasteiger partial charge on any atom is -0.508 e. The molecule has 0 saturated carbocycles. The summed E-state index contributed by atoms with van der Waals surface area (Å²) < 4.78 is 14.2. The number of amides is 1. The van der Waals surface area contributed by atoms with Crippen molar-refractivity contribution in [2.24, 2.45) is 5.41 Å². The Morgan fingerprint density at radius 1 is 1.14 bits per heavy atom. The molecule has 0 aliphatic carbocycles. The van der Waals surface area contributed by atoms with Crippen LogP contribution in [-0.2, 0) is 0 Å². The van der Waals surface area contributed by atoms with Crippen LogP contribution in [0.1, 0.15) is 58.8 Å². The highest BCUT2D eigenvalue weighted by Crippen LogP contribution is 2.32. The number of phenols is 1. The maximum absolute atomic E-state index is 14.2. The van der Waals surface area contributed by atoms with E-state index in [-0.39, 0.29) is 22.4 Å². The molecule has 3 heterocycles. The minimum atomic E-state index is -0.832. The lowest BCUT2D eigenvalue weighted by Crippen LogP contribution is -2.33. The first-order valence-electron chi connectivity index (χ1n) is 12.4. The molecule has 1 atom stereocenters. The van der Waals surface area contributed by atoms with Crippen molar-refractivity contribution in [2.75, 3.05) is 13.1 Å². The number of piperidine rings is 1. The third kappa shape index (κ3) is 5.50. The Morgan fingerprint density at radius 2 is 1.92 bits per heavy atom. The number of para-hydroxylation sites is 1. The predicted octanol–water partition coefficient (Wildman–Crippen LogP) is 4.98. The maximum atomic E-state index is 14.2. The Kier molecular flexibility index (Phi) is 6.68. The van der Waals surface area contributed by atoms with Crippen LogP contribution in [-0.4, -0.2) is 34.1 Å². The zero-order valence-corrected chi connectivity index (χ0v) is 20.9. The molecule has 1 amide bonds. The van der Waals surface area contributed by atoms with Gasteiger partial charge in [0.2, 0.25) is 0 Å². The number of benzene rings is 2. The number of hydrogen-bond donors (Lipinski definition) is 4.